The summed E-state index contributed by atoms with van der Waals surface area (Å²) in [6, 6.07) is 3.49. The van der Waals surface area contributed by atoms with Crippen LogP contribution in [0.2, 0.25) is 0 Å². The molecule has 0 aliphatic heterocycles. The second-order valence-corrected chi connectivity index (χ2v) is 8.52. The minimum absolute atomic E-state index is 0.146. The first-order valence-corrected chi connectivity index (χ1v) is 8.16. The lowest BCUT2D eigenvalue weighted by molar-refractivity contribution is -0.118. The molecule has 0 bridgehead atoms. The molecule has 0 saturated carbocycles. The van der Waals surface area contributed by atoms with Gasteiger partial charge in [-0.1, -0.05) is 0 Å². The average Bonchev–Trinajstić information content (AvgIpc) is 2.77. The molecule has 1 amide bonds. The van der Waals surface area contributed by atoms with Crippen molar-refractivity contribution in [3.8, 4) is 0 Å². The van der Waals surface area contributed by atoms with Crippen molar-refractivity contribution < 1.29 is 17.6 Å². The number of hydrogen-bond acceptors (Lipinski definition) is 5. The lowest BCUT2D eigenvalue weighted by Gasteiger charge is -2.18. The molecule has 0 aromatic carbocycles. The van der Waals surface area contributed by atoms with Crippen molar-refractivity contribution >= 4 is 26.7 Å². The number of fused-ring (bicyclic) bond motifs is 1. The smallest absolute Gasteiger partial charge is 0.235 e. The lowest BCUT2D eigenvalue weighted by Crippen LogP contribution is -2.38. The molecule has 2 aromatic heterocycles. The first kappa shape index (κ1) is 15.5. The van der Waals surface area contributed by atoms with Crippen LogP contribution in [0.25, 0.3) is 11.0 Å². The Morgan fingerprint density at radius 3 is 2.71 bits per heavy atom. The van der Waals surface area contributed by atoms with Gasteiger partial charge in [-0.05, 0) is 32.9 Å². The van der Waals surface area contributed by atoms with Crippen LogP contribution >= 0.6 is 0 Å². The van der Waals surface area contributed by atoms with E-state index in [4.69, 9.17) is 4.42 Å². The summed E-state index contributed by atoms with van der Waals surface area (Å²) in [7, 11) is -3.48. The molecule has 0 unspecified atom stereocenters. The summed E-state index contributed by atoms with van der Waals surface area (Å²) in [4.78, 5) is 15.7. The molecule has 0 saturated heterocycles. The standard InChI is InChI=1S/C14H18N2O4S/c1-14(2,3)21(18,19)9-13(17)16-8-11-6-10-7-15-5-4-12(10)20-11/h4-7H,8-9H2,1-3H3,(H,16,17). The van der Waals surface area contributed by atoms with Crippen molar-refractivity contribution in [2.75, 3.05) is 5.75 Å². The zero-order valence-corrected chi connectivity index (χ0v) is 13.0. The van der Waals surface area contributed by atoms with Crippen LogP contribution in [0.4, 0.5) is 0 Å². The maximum absolute atomic E-state index is 11.9. The van der Waals surface area contributed by atoms with Crippen molar-refractivity contribution in [3.63, 3.8) is 0 Å². The topological polar surface area (TPSA) is 89.3 Å². The fourth-order valence-electron chi connectivity index (χ4n) is 1.65. The number of carbonyl (C=O) groups is 1. The minimum atomic E-state index is -3.48. The van der Waals surface area contributed by atoms with E-state index in [9.17, 15) is 13.2 Å². The van der Waals surface area contributed by atoms with Crippen LogP contribution in [-0.4, -0.2) is 29.8 Å². The van der Waals surface area contributed by atoms with E-state index in [2.05, 4.69) is 10.3 Å². The molecule has 0 fully saturated rings. The fourth-order valence-corrected chi connectivity index (χ4v) is 2.53. The summed E-state index contributed by atoms with van der Waals surface area (Å²) in [5.41, 5.74) is 0.677. The van der Waals surface area contributed by atoms with E-state index in [0.29, 0.717) is 11.3 Å². The van der Waals surface area contributed by atoms with Crippen LogP contribution < -0.4 is 5.32 Å². The molecular weight excluding hydrogens is 292 g/mol. The molecule has 114 valence electrons. The van der Waals surface area contributed by atoms with Crippen molar-refractivity contribution in [3.05, 3.63) is 30.3 Å². The SMILES string of the molecule is CC(C)(C)S(=O)(=O)CC(=O)NCc1cc2cnccc2o1. The van der Waals surface area contributed by atoms with Gasteiger partial charge in [-0.25, -0.2) is 8.42 Å². The Morgan fingerprint density at radius 1 is 1.38 bits per heavy atom. The van der Waals surface area contributed by atoms with Crippen LogP contribution in [-0.2, 0) is 21.2 Å². The van der Waals surface area contributed by atoms with E-state index in [1.54, 1.807) is 45.3 Å². The molecule has 6 nitrogen and oxygen atoms in total. The highest BCUT2D eigenvalue weighted by Crippen LogP contribution is 2.18. The van der Waals surface area contributed by atoms with Gasteiger partial charge in [0.25, 0.3) is 0 Å². The van der Waals surface area contributed by atoms with Crippen molar-refractivity contribution in [2.24, 2.45) is 0 Å². The number of aromatic nitrogens is 1. The predicted octanol–water partition coefficient (Wildman–Crippen LogP) is 1.66. The third-order valence-corrected chi connectivity index (χ3v) is 5.59. The molecular formula is C14H18N2O4S. The Morgan fingerprint density at radius 2 is 2.10 bits per heavy atom. The van der Waals surface area contributed by atoms with Crippen LogP contribution in [0.5, 0.6) is 0 Å². The highest BCUT2D eigenvalue weighted by molar-refractivity contribution is 7.93. The number of hydrogen-bond donors (Lipinski definition) is 1. The van der Waals surface area contributed by atoms with E-state index in [1.165, 1.54) is 0 Å². The largest absolute Gasteiger partial charge is 0.459 e. The number of nitrogens with zero attached hydrogens (tertiary/aromatic N) is 1. The molecule has 0 atom stereocenters. The summed E-state index contributed by atoms with van der Waals surface area (Å²) in [5.74, 6) is -0.513. The minimum Gasteiger partial charge on any atom is -0.459 e. The number of rotatable bonds is 4. The molecule has 0 aliphatic carbocycles. The average molecular weight is 310 g/mol. The second kappa shape index (κ2) is 5.48. The van der Waals surface area contributed by atoms with Crippen LogP contribution in [0.1, 0.15) is 26.5 Å². The van der Waals surface area contributed by atoms with Gasteiger partial charge in [0.2, 0.25) is 5.91 Å². The summed E-state index contributed by atoms with van der Waals surface area (Å²) in [6.45, 7) is 4.86. The number of carbonyl (C=O) groups excluding carboxylic acids is 1. The maximum Gasteiger partial charge on any atom is 0.235 e. The third kappa shape index (κ3) is 3.60. The summed E-state index contributed by atoms with van der Waals surface area (Å²) >= 11 is 0. The quantitative estimate of drug-likeness (QED) is 0.927. The van der Waals surface area contributed by atoms with Crippen LogP contribution in [0.3, 0.4) is 0 Å². The molecule has 1 N–H and O–H groups in total. The van der Waals surface area contributed by atoms with E-state index in [0.717, 1.165) is 5.39 Å². The molecule has 2 aromatic rings. The van der Waals surface area contributed by atoms with Crippen molar-refractivity contribution in [1.29, 1.82) is 0 Å². The summed E-state index contributed by atoms with van der Waals surface area (Å²) in [5, 5.41) is 3.39. The first-order valence-electron chi connectivity index (χ1n) is 6.50. The molecule has 7 heteroatoms. The lowest BCUT2D eigenvalue weighted by atomic mass is 10.3. The zero-order chi connectivity index (χ0) is 15.7. The Kier molecular flexibility index (Phi) is 4.04. The highest BCUT2D eigenvalue weighted by Gasteiger charge is 2.31. The van der Waals surface area contributed by atoms with Gasteiger partial charge in [-0.3, -0.25) is 9.78 Å². The van der Waals surface area contributed by atoms with E-state index < -0.39 is 26.2 Å². The number of amides is 1. The molecule has 0 spiro atoms. The number of sulfone groups is 1. The maximum atomic E-state index is 11.9. The Labute approximate surface area is 123 Å². The Bertz CT molecular complexity index is 724. The van der Waals surface area contributed by atoms with Gasteiger partial charge in [0.1, 0.15) is 17.1 Å². The Hall–Kier alpha value is -1.89. The second-order valence-electron chi connectivity index (χ2n) is 5.77. The van der Waals surface area contributed by atoms with Crippen LogP contribution in [0, 0.1) is 0 Å². The van der Waals surface area contributed by atoms with E-state index in [-0.39, 0.29) is 6.54 Å². The molecule has 0 radical (unpaired) electrons. The van der Waals surface area contributed by atoms with Gasteiger partial charge in [0.05, 0.1) is 11.3 Å². The van der Waals surface area contributed by atoms with Gasteiger partial charge in [0, 0.05) is 17.8 Å². The van der Waals surface area contributed by atoms with Gasteiger partial charge < -0.3 is 9.73 Å². The summed E-state index contributed by atoms with van der Waals surface area (Å²) < 4.78 is 28.4. The van der Waals surface area contributed by atoms with Gasteiger partial charge >= 0.3 is 0 Å². The van der Waals surface area contributed by atoms with E-state index >= 15 is 0 Å². The molecule has 2 heterocycles. The molecule has 0 aliphatic rings. The normalized spacial score (nSPS) is 12.5. The zero-order valence-electron chi connectivity index (χ0n) is 12.2. The van der Waals surface area contributed by atoms with Crippen molar-refractivity contribution in [2.45, 2.75) is 32.1 Å². The summed E-state index contributed by atoms with van der Waals surface area (Å²) in [6.07, 6.45) is 3.28. The van der Waals surface area contributed by atoms with Gasteiger partial charge in [0.15, 0.2) is 9.84 Å². The number of nitrogens with one attached hydrogen (secondary N) is 1. The molecule has 2 rings (SSSR count). The van der Waals surface area contributed by atoms with Gasteiger partial charge in [-0.15, -0.1) is 0 Å². The number of furan rings is 1. The van der Waals surface area contributed by atoms with E-state index in [1.807, 2.05) is 0 Å². The monoisotopic (exact) mass is 310 g/mol. The van der Waals surface area contributed by atoms with Gasteiger partial charge in [-0.2, -0.15) is 0 Å². The number of pyridine rings is 1. The Balaban J connectivity index is 1.98. The highest BCUT2D eigenvalue weighted by atomic mass is 32.2. The van der Waals surface area contributed by atoms with Crippen molar-refractivity contribution in [1.82, 2.24) is 10.3 Å². The predicted molar refractivity (Wildman–Crippen MR) is 79.4 cm³/mol. The third-order valence-electron chi connectivity index (χ3n) is 3.08. The molecule has 21 heavy (non-hydrogen) atoms. The first-order chi connectivity index (χ1) is 9.69. The fraction of sp³-hybridized carbons (Fsp3) is 0.429. The van der Waals surface area contributed by atoms with Crippen LogP contribution in [0.15, 0.2) is 28.9 Å².